The number of hydrogen-bond acceptors (Lipinski definition) is 7. The van der Waals surface area contributed by atoms with Gasteiger partial charge in [0.05, 0.1) is 17.6 Å². The maximum Gasteiger partial charge on any atom is 0.228 e. The molecule has 0 aromatic carbocycles. The molecule has 0 bridgehead atoms. The fraction of sp³-hybridized carbons (Fsp3) is 0.538. The molecule has 1 amide bonds. The molecule has 6 rings (SSSR count). The third-order valence-corrected chi connectivity index (χ3v) is 8.21. The molecule has 0 unspecified atom stereocenters. The Kier molecular flexibility index (Phi) is 5.28. The number of piperazine rings is 1. The van der Waals surface area contributed by atoms with Gasteiger partial charge in [-0.15, -0.1) is 0 Å². The maximum absolute atomic E-state index is 12.9. The summed E-state index contributed by atoms with van der Waals surface area (Å²) in [6.45, 7) is 4.19. The van der Waals surface area contributed by atoms with Crippen molar-refractivity contribution < 1.29 is 4.79 Å². The van der Waals surface area contributed by atoms with Crippen LogP contribution in [0.4, 0.5) is 17.5 Å². The van der Waals surface area contributed by atoms with Gasteiger partial charge in [-0.3, -0.25) is 4.79 Å². The second-order valence-corrected chi connectivity index (χ2v) is 10.4. The van der Waals surface area contributed by atoms with Crippen LogP contribution in [-0.2, 0) is 11.2 Å². The third-order valence-electron chi connectivity index (χ3n) is 8.21. The first-order chi connectivity index (χ1) is 16.5. The minimum atomic E-state index is -0.0591. The van der Waals surface area contributed by atoms with Crippen LogP contribution in [0, 0.1) is 5.41 Å². The fourth-order valence-corrected chi connectivity index (χ4v) is 6.19. The smallest absolute Gasteiger partial charge is 0.228 e. The van der Waals surface area contributed by atoms with Crippen LogP contribution in [-0.4, -0.2) is 70.9 Å². The summed E-state index contributed by atoms with van der Waals surface area (Å²) < 4.78 is 0. The van der Waals surface area contributed by atoms with Crippen molar-refractivity contribution in [2.45, 2.75) is 44.9 Å². The zero-order chi connectivity index (χ0) is 23.3. The van der Waals surface area contributed by atoms with E-state index in [1.165, 1.54) is 24.8 Å². The zero-order valence-electron chi connectivity index (χ0n) is 20.2. The summed E-state index contributed by atoms with van der Waals surface area (Å²) in [6, 6.07) is 4.12. The minimum absolute atomic E-state index is 0.0591. The third kappa shape index (κ3) is 3.64. The Labute approximate surface area is 201 Å². The molecule has 2 fully saturated rings. The van der Waals surface area contributed by atoms with Gasteiger partial charge >= 0.3 is 0 Å². The summed E-state index contributed by atoms with van der Waals surface area (Å²) in [6.07, 6.45) is 11.0. The van der Waals surface area contributed by atoms with Crippen molar-refractivity contribution >= 4 is 28.9 Å². The van der Waals surface area contributed by atoms with Gasteiger partial charge in [-0.1, -0.05) is 19.3 Å². The summed E-state index contributed by atoms with van der Waals surface area (Å²) in [5.41, 5.74) is 5.68. The molecule has 2 aliphatic carbocycles. The van der Waals surface area contributed by atoms with E-state index in [0.717, 1.165) is 73.9 Å². The number of carbonyl (C=O) groups is 1. The van der Waals surface area contributed by atoms with Crippen molar-refractivity contribution in [3.05, 3.63) is 41.5 Å². The lowest BCUT2D eigenvalue weighted by Crippen LogP contribution is -2.44. The number of anilines is 3. The number of fused-ring (bicyclic) bond motifs is 3. The number of allylic oxidation sites excluding steroid dienone is 2. The van der Waals surface area contributed by atoms with Crippen LogP contribution in [0.3, 0.4) is 0 Å². The van der Waals surface area contributed by atoms with Gasteiger partial charge in [0.15, 0.2) is 0 Å². The van der Waals surface area contributed by atoms with Crippen LogP contribution >= 0.6 is 0 Å². The molecule has 34 heavy (non-hydrogen) atoms. The van der Waals surface area contributed by atoms with Gasteiger partial charge in [0, 0.05) is 74.5 Å². The Morgan fingerprint density at radius 3 is 2.50 bits per heavy atom. The first-order valence-corrected chi connectivity index (χ1v) is 12.6. The number of likely N-dealkylation sites (N-methyl/N-ethyl adjacent to an activating group) is 2. The van der Waals surface area contributed by atoms with Crippen molar-refractivity contribution in [2.75, 3.05) is 50.5 Å². The Morgan fingerprint density at radius 2 is 1.76 bits per heavy atom. The fourth-order valence-electron chi connectivity index (χ4n) is 6.19. The number of nitrogens with zero attached hydrogens (tertiary/aromatic N) is 6. The van der Waals surface area contributed by atoms with Crippen LogP contribution in [0.15, 0.2) is 30.2 Å². The SMILES string of the molecule is CN1CCN(c2ccc(Nc3ncc4c(n3)C3=C(C4)N(C)C(=O)CC34CCCCC4)nc2)CC1. The highest BCUT2D eigenvalue weighted by Gasteiger charge is 2.48. The number of rotatable bonds is 3. The van der Waals surface area contributed by atoms with Crippen LogP contribution in [0.25, 0.3) is 5.57 Å². The number of carbonyl (C=O) groups excluding carboxylic acids is 1. The molecule has 2 aromatic rings. The largest absolute Gasteiger partial charge is 0.368 e. The Bertz CT molecular complexity index is 1130. The molecule has 1 saturated heterocycles. The molecule has 8 nitrogen and oxygen atoms in total. The molecular weight excluding hydrogens is 426 g/mol. The second kappa shape index (κ2) is 8.34. The zero-order valence-corrected chi connectivity index (χ0v) is 20.2. The van der Waals surface area contributed by atoms with E-state index in [2.05, 4.69) is 38.2 Å². The van der Waals surface area contributed by atoms with E-state index < -0.39 is 0 Å². The molecule has 2 aromatic heterocycles. The number of hydrogen-bond donors (Lipinski definition) is 1. The molecule has 0 radical (unpaired) electrons. The normalized spacial score (nSPS) is 22.2. The summed E-state index contributed by atoms with van der Waals surface area (Å²) in [5, 5.41) is 3.31. The maximum atomic E-state index is 12.9. The van der Waals surface area contributed by atoms with Crippen LogP contribution in [0.5, 0.6) is 0 Å². The minimum Gasteiger partial charge on any atom is -0.368 e. The van der Waals surface area contributed by atoms with E-state index in [-0.39, 0.29) is 11.3 Å². The van der Waals surface area contributed by atoms with Gasteiger partial charge in [-0.25, -0.2) is 15.0 Å². The van der Waals surface area contributed by atoms with E-state index in [4.69, 9.17) is 4.98 Å². The highest BCUT2D eigenvalue weighted by atomic mass is 16.2. The lowest BCUT2D eigenvalue weighted by molar-refractivity contribution is -0.131. The van der Waals surface area contributed by atoms with E-state index in [1.54, 1.807) is 0 Å². The topological polar surface area (TPSA) is 77.5 Å². The first-order valence-electron chi connectivity index (χ1n) is 12.6. The molecule has 0 atom stereocenters. The summed E-state index contributed by atoms with van der Waals surface area (Å²) in [5.74, 6) is 1.55. The Morgan fingerprint density at radius 1 is 0.971 bits per heavy atom. The van der Waals surface area contributed by atoms with Crippen LogP contribution in [0.2, 0.25) is 0 Å². The average molecular weight is 460 g/mol. The number of nitrogens with one attached hydrogen (secondary N) is 1. The van der Waals surface area contributed by atoms with E-state index in [0.29, 0.717) is 12.4 Å². The van der Waals surface area contributed by atoms with E-state index in [1.807, 2.05) is 30.4 Å². The van der Waals surface area contributed by atoms with Gasteiger partial charge in [0.1, 0.15) is 5.82 Å². The molecule has 8 heteroatoms. The van der Waals surface area contributed by atoms with Gasteiger partial charge in [-0.2, -0.15) is 0 Å². The van der Waals surface area contributed by atoms with Gasteiger partial charge in [0.2, 0.25) is 11.9 Å². The molecule has 2 aliphatic heterocycles. The van der Waals surface area contributed by atoms with Crippen molar-refractivity contribution in [3.8, 4) is 0 Å². The van der Waals surface area contributed by atoms with Crippen molar-refractivity contribution in [2.24, 2.45) is 5.41 Å². The van der Waals surface area contributed by atoms with E-state index in [9.17, 15) is 4.79 Å². The molecule has 1 N–H and O–H groups in total. The number of aromatic nitrogens is 3. The predicted molar refractivity (Wildman–Crippen MR) is 133 cm³/mol. The quantitative estimate of drug-likeness (QED) is 0.753. The highest BCUT2D eigenvalue weighted by Crippen LogP contribution is 2.56. The lowest BCUT2D eigenvalue weighted by Gasteiger charge is -2.44. The second-order valence-electron chi connectivity index (χ2n) is 10.4. The van der Waals surface area contributed by atoms with Crippen molar-refractivity contribution in [1.29, 1.82) is 0 Å². The number of amides is 1. The number of pyridine rings is 1. The van der Waals surface area contributed by atoms with Crippen molar-refractivity contribution in [3.63, 3.8) is 0 Å². The molecule has 4 heterocycles. The lowest BCUT2D eigenvalue weighted by atomic mass is 9.64. The molecule has 178 valence electrons. The van der Waals surface area contributed by atoms with Crippen LogP contribution < -0.4 is 10.2 Å². The van der Waals surface area contributed by atoms with Gasteiger partial charge in [0.25, 0.3) is 0 Å². The monoisotopic (exact) mass is 459 g/mol. The molecule has 1 spiro atoms. The highest BCUT2D eigenvalue weighted by molar-refractivity contribution is 5.91. The standard InChI is InChI=1S/C26H33N7O/c1-31-10-12-33(13-11-31)19-6-7-21(27-17-19)29-25-28-16-18-14-20-23(24(18)30-25)26(8-4-3-5-9-26)15-22(34)32(20)2/h6-7,16-17H,3-5,8-15H2,1-2H3,(H,27,28,29,30). The Balaban J connectivity index is 1.26. The first kappa shape index (κ1) is 21.5. The summed E-state index contributed by atoms with van der Waals surface area (Å²) in [7, 11) is 4.08. The Hall–Kier alpha value is -3.00. The predicted octanol–water partition coefficient (Wildman–Crippen LogP) is 3.45. The van der Waals surface area contributed by atoms with Crippen molar-refractivity contribution in [1.82, 2.24) is 24.8 Å². The van der Waals surface area contributed by atoms with Gasteiger partial charge < -0.3 is 20.0 Å². The summed E-state index contributed by atoms with van der Waals surface area (Å²) >= 11 is 0. The van der Waals surface area contributed by atoms with E-state index >= 15 is 0 Å². The molecule has 1 saturated carbocycles. The molecule has 4 aliphatic rings. The average Bonchev–Trinajstić information content (AvgIpc) is 3.24. The molecular formula is C26H33N7O. The van der Waals surface area contributed by atoms with Gasteiger partial charge in [-0.05, 0) is 32.0 Å². The van der Waals surface area contributed by atoms with Crippen LogP contribution in [0.1, 0.15) is 49.8 Å². The summed E-state index contributed by atoms with van der Waals surface area (Å²) in [4.78, 5) is 33.7.